The van der Waals surface area contributed by atoms with Gasteiger partial charge in [0.1, 0.15) is 5.56 Å². The number of aryl methyl sites for hydroxylation is 1. The Labute approximate surface area is 93.0 Å². The lowest BCUT2D eigenvalue weighted by molar-refractivity contribution is 0.0697. The van der Waals surface area contributed by atoms with Crippen LogP contribution in [0.25, 0.3) is 11.1 Å². The van der Waals surface area contributed by atoms with Crippen molar-refractivity contribution in [1.29, 1.82) is 0 Å². The molecule has 0 amide bonds. The molecular weight excluding hydrogens is 264 g/mol. The summed E-state index contributed by atoms with van der Waals surface area (Å²) < 4.78 is 5.67. The number of aromatic nitrogens is 1. The van der Waals surface area contributed by atoms with Gasteiger partial charge in [-0.15, -0.1) is 0 Å². The number of fused-ring (bicyclic) bond motifs is 1. The monoisotopic (exact) mass is 270 g/mol. The van der Waals surface area contributed by atoms with Crippen LogP contribution in [0.2, 0.25) is 0 Å². The van der Waals surface area contributed by atoms with Crippen molar-refractivity contribution in [2.75, 3.05) is 5.73 Å². The van der Waals surface area contributed by atoms with Crippen LogP contribution in [0.1, 0.15) is 16.1 Å². The number of aromatic carboxylic acids is 1. The molecule has 0 spiro atoms. The third-order valence-corrected chi connectivity index (χ3v) is 2.48. The molecule has 15 heavy (non-hydrogen) atoms. The summed E-state index contributed by atoms with van der Waals surface area (Å²) in [6.07, 6.45) is 0. The van der Waals surface area contributed by atoms with Gasteiger partial charge in [0.05, 0.1) is 16.8 Å². The average Bonchev–Trinajstić information content (AvgIpc) is 2.45. The van der Waals surface area contributed by atoms with Crippen LogP contribution in [0.15, 0.2) is 15.2 Å². The maximum Gasteiger partial charge on any atom is 0.339 e. The molecule has 0 fully saturated rings. The number of carboxylic acids is 1. The predicted octanol–water partition coefficient (Wildman–Crippen LogP) is 2.18. The number of nitrogens with two attached hydrogens (primary N) is 1. The van der Waals surface area contributed by atoms with Crippen molar-refractivity contribution in [2.24, 2.45) is 0 Å². The van der Waals surface area contributed by atoms with Crippen molar-refractivity contribution in [2.45, 2.75) is 6.92 Å². The summed E-state index contributed by atoms with van der Waals surface area (Å²) in [6, 6.07) is 1.60. The van der Waals surface area contributed by atoms with E-state index in [1.54, 1.807) is 13.0 Å². The van der Waals surface area contributed by atoms with Gasteiger partial charge in [0.25, 0.3) is 0 Å². The second-order valence-corrected chi connectivity index (χ2v) is 3.84. The molecule has 2 aromatic rings. The highest BCUT2D eigenvalue weighted by molar-refractivity contribution is 9.10. The number of furan rings is 1. The molecule has 2 heterocycles. The van der Waals surface area contributed by atoms with E-state index in [2.05, 4.69) is 20.9 Å². The summed E-state index contributed by atoms with van der Waals surface area (Å²) >= 11 is 3.14. The topological polar surface area (TPSA) is 89.4 Å². The van der Waals surface area contributed by atoms with E-state index in [1.165, 1.54) is 0 Å². The summed E-state index contributed by atoms with van der Waals surface area (Å²) in [4.78, 5) is 15.0. The van der Waals surface area contributed by atoms with Crippen molar-refractivity contribution in [1.82, 2.24) is 4.98 Å². The van der Waals surface area contributed by atoms with Gasteiger partial charge in [0.2, 0.25) is 5.71 Å². The van der Waals surface area contributed by atoms with Gasteiger partial charge in [0.15, 0.2) is 4.67 Å². The molecule has 0 aliphatic carbocycles. The van der Waals surface area contributed by atoms with Crippen LogP contribution in [0.4, 0.5) is 5.69 Å². The van der Waals surface area contributed by atoms with Crippen LogP contribution in [0, 0.1) is 6.92 Å². The molecule has 0 atom stereocenters. The normalized spacial score (nSPS) is 10.8. The maximum absolute atomic E-state index is 10.9. The zero-order valence-corrected chi connectivity index (χ0v) is 9.33. The van der Waals surface area contributed by atoms with E-state index in [0.717, 1.165) is 0 Å². The van der Waals surface area contributed by atoms with Crippen molar-refractivity contribution in [3.8, 4) is 0 Å². The number of anilines is 1. The van der Waals surface area contributed by atoms with Crippen molar-refractivity contribution >= 4 is 38.7 Å². The third kappa shape index (κ3) is 1.46. The highest BCUT2D eigenvalue weighted by atomic mass is 79.9. The van der Waals surface area contributed by atoms with Crippen molar-refractivity contribution in [3.63, 3.8) is 0 Å². The molecular formula is C9H7BrN2O3. The number of nitrogen functional groups attached to an aromatic ring is 1. The van der Waals surface area contributed by atoms with Crippen LogP contribution in [-0.2, 0) is 0 Å². The second-order valence-electron chi connectivity index (χ2n) is 3.06. The Bertz CT molecular complexity index is 562. The van der Waals surface area contributed by atoms with Gasteiger partial charge in [0, 0.05) is 6.07 Å². The molecule has 0 saturated heterocycles. The molecule has 0 radical (unpaired) electrons. The molecule has 0 unspecified atom stereocenters. The van der Waals surface area contributed by atoms with E-state index < -0.39 is 5.97 Å². The molecule has 0 aromatic carbocycles. The predicted molar refractivity (Wildman–Crippen MR) is 57.8 cm³/mol. The molecule has 0 bridgehead atoms. The first-order valence-electron chi connectivity index (χ1n) is 4.09. The van der Waals surface area contributed by atoms with Crippen LogP contribution in [0.3, 0.4) is 0 Å². The van der Waals surface area contributed by atoms with E-state index in [4.69, 9.17) is 15.3 Å². The smallest absolute Gasteiger partial charge is 0.339 e. The second kappa shape index (κ2) is 3.23. The van der Waals surface area contributed by atoms with Crippen molar-refractivity contribution < 1.29 is 14.3 Å². The molecule has 0 saturated carbocycles. The summed E-state index contributed by atoms with van der Waals surface area (Å²) in [5.74, 6) is -1.09. The van der Waals surface area contributed by atoms with Crippen LogP contribution in [0.5, 0.6) is 0 Å². The average molecular weight is 271 g/mol. The van der Waals surface area contributed by atoms with Crippen LogP contribution in [-0.4, -0.2) is 16.1 Å². The Kier molecular flexibility index (Phi) is 2.15. The van der Waals surface area contributed by atoms with E-state index >= 15 is 0 Å². The van der Waals surface area contributed by atoms with Gasteiger partial charge in [-0.3, -0.25) is 0 Å². The Hall–Kier alpha value is -1.56. The lowest BCUT2D eigenvalue weighted by Gasteiger charge is -2.03. The molecule has 6 heteroatoms. The SMILES string of the molecule is Cc1nc2oc(Br)cc2c(N)c1C(=O)O. The highest BCUT2D eigenvalue weighted by Gasteiger charge is 2.18. The zero-order chi connectivity index (χ0) is 11.2. The number of pyridine rings is 1. The lowest BCUT2D eigenvalue weighted by Crippen LogP contribution is -2.06. The number of hydrogen-bond donors (Lipinski definition) is 2. The summed E-state index contributed by atoms with van der Waals surface area (Å²) in [5, 5.41) is 9.45. The first kappa shape index (κ1) is 9.97. The van der Waals surface area contributed by atoms with E-state index in [-0.39, 0.29) is 11.3 Å². The Balaban J connectivity index is 2.89. The molecule has 3 N–H and O–H groups in total. The molecule has 5 nitrogen and oxygen atoms in total. The minimum Gasteiger partial charge on any atom is -0.478 e. The number of halogens is 1. The minimum absolute atomic E-state index is 0.0239. The van der Waals surface area contributed by atoms with Gasteiger partial charge in [-0.05, 0) is 22.9 Å². The van der Waals surface area contributed by atoms with Crippen LogP contribution < -0.4 is 5.73 Å². The van der Waals surface area contributed by atoms with Crippen LogP contribution >= 0.6 is 15.9 Å². The number of hydrogen-bond acceptors (Lipinski definition) is 4. The fraction of sp³-hybridized carbons (Fsp3) is 0.111. The summed E-state index contributed by atoms with van der Waals surface area (Å²) in [6.45, 7) is 1.58. The highest BCUT2D eigenvalue weighted by Crippen LogP contribution is 2.30. The Morgan fingerprint density at radius 3 is 2.93 bits per heavy atom. The van der Waals surface area contributed by atoms with Gasteiger partial charge in [-0.1, -0.05) is 0 Å². The lowest BCUT2D eigenvalue weighted by atomic mass is 10.1. The fourth-order valence-electron chi connectivity index (χ4n) is 1.44. The standard InChI is InChI=1S/C9H7BrN2O3/c1-3-6(9(13)14)7(11)4-2-5(10)15-8(4)12-3/h2H,1H3,(H2,11,12)(H,13,14). The molecule has 0 aliphatic rings. The number of carboxylic acid groups (broad SMARTS) is 1. The largest absolute Gasteiger partial charge is 0.478 e. The molecule has 2 aromatic heterocycles. The maximum atomic E-state index is 10.9. The van der Waals surface area contributed by atoms with Crippen molar-refractivity contribution in [3.05, 3.63) is 22.0 Å². The first-order chi connectivity index (χ1) is 7.00. The zero-order valence-electron chi connectivity index (χ0n) is 7.74. The fourth-order valence-corrected chi connectivity index (χ4v) is 1.82. The van der Waals surface area contributed by atoms with Gasteiger partial charge < -0.3 is 15.3 Å². The van der Waals surface area contributed by atoms with Gasteiger partial charge >= 0.3 is 5.97 Å². The molecule has 78 valence electrons. The number of rotatable bonds is 1. The van der Waals surface area contributed by atoms with E-state index in [1.807, 2.05) is 0 Å². The Morgan fingerprint density at radius 2 is 2.33 bits per heavy atom. The van der Waals surface area contributed by atoms with Gasteiger partial charge in [-0.25, -0.2) is 9.78 Å². The third-order valence-electron chi connectivity index (χ3n) is 2.09. The molecule has 0 aliphatic heterocycles. The molecule has 2 rings (SSSR count). The van der Waals surface area contributed by atoms with E-state index in [9.17, 15) is 4.79 Å². The van der Waals surface area contributed by atoms with E-state index in [0.29, 0.717) is 21.5 Å². The quantitative estimate of drug-likeness (QED) is 0.829. The number of nitrogens with zero attached hydrogens (tertiary/aromatic N) is 1. The summed E-state index contributed by atoms with van der Waals surface area (Å²) in [5.41, 5.74) is 6.61. The van der Waals surface area contributed by atoms with Gasteiger partial charge in [-0.2, -0.15) is 0 Å². The summed E-state index contributed by atoms with van der Waals surface area (Å²) in [7, 11) is 0. The number of carbonyl (C=O) groups is 1. The minimum atomic E-state index is -1.09. The Morgan fingerprint density at radius 1 is 1.67 bits per heavy atom. The first-order valence-corrected chi connectivity index (χ1v) is 4.88.